The molecule has 0 aliphatic heterocycles. The first-order chi connectivity index (χ1) is 17.4. The van der Waals surface area contributed by atoms with Crippen molar-refractivity contribution in [1.29, 1.82) is 0 Å². The van der Waals surface area contributed by atoms with Gasteiger partial charge in [0.1, 0.15) is 22.8 Å². The van der Waals surface area contributed by atoms with E-state index in [1.54, 1.807) is 24.3 Å². The molecule has 5 rings (SSSR count). The number of nitrogens with one attached hydrogen (secondary N) is 1. The molecule has 1 N–H and O–H groups in total. The zero-order valence-electron chi connectivity index (χ0n) is 18.2. The normalized spacial score (nSPS) is 11.1. The summed E-state index contributed by atoms with van der Waals surface area (Å²) in [7, 11) is 0. The van der Waals surface area contributed by atoms with E-state index in [2.05, 4.69) is 15.4 Å². The van der Waals surface area contributed by atoms with Crippen LogP contribution in [0.5, 0.6) is 0 Å². The number of hydrogen-bond acceptors (Lipinski definition) is 9. The lowest BCUT2D eigenvalue weighted by atomic mass is 10.2. The van der Waals surface area contributed by atoms with Crippen LogP contribution in [-0.2, 0) is 13.1 Å². The van der Waals surface area contributed by atoms with Gasteiger partial charge in [0.25, 0.3) is 5.56 Å². The Labute approximate surface area is 216 Å². The first-order valence-electron chi connectivity index (χ1n) is 10.4. The van der Waals surface area contributed by atoms with E-state index in [-0.39, 0.29) is 28.7 Å². The summed E-state index contributed by atoms with van der Waals surface area (Å²) in [6, 6.07) is 9.91. The summed E-state index contributed by atoms with van der Waals surface area (Å²) in [5, 5.41) is 7.40. The number of oxazole rings is 1. The third kappa shape index (κ3) is 4.76. The SMILES string of the molecule is O=C(Cn1ccc(-c2cc(NCc3ccc(Cl)s3)n(C(=O)c3ccco3)n2)c(Cl)c1=O)c1cocn1. The van der Waals surface area contributed by atoms with Crippen LogP contribution in [0.1, 0.15) is 25.9 Å². The predicted molar refractivity (Wildman–Crippen MR) is 133 cm³/mol. The summed E-state index contributed by atoms with van der Waals surface area (Å²) in [6.07, 6.45) is 5.14. The second-order valence-electron chi connectivity index (χ2n) is 7.44. The lowest BCUT2D eigenvalue weighted by Crippen LogP contribution is -2.24. The van der Waals surface area contributed by atoms with Crippen molar-refractivity contribution in [3.8, 4) is 11.3 Å². The molecule has 10 nitrogen and oxygen atoms in total. The van der Waals surface area contributed by atoms with E-state index < -0.39 is 17.2 Å². The third-order valence-electron chi connectivity index (χ3n) is 5.12. The highest BCUT2D eigenvalue weighted by Crippen LogP contribution is 2.28. The van der Waals surface area contributed by atoms with Crippen molar-refractivity contribution < 1.29 is 18.4 Å². The summed E-state index contributed by atoms with van der Waals surface area (Å²) in [6.45, 7) is 0.112. The molecule has 0 amide bonds. The van der Waals surface area contributed by atoms with Crippen LogP contribution in [0.15, 0.2) is 75.1 Å². The van der Waals surface area contributed by atoms with Crippen LogP contribution in [0, 0.1) is 0 Å². The van der Waals surface area contributed by atoms with Crippen LogP contribution in [0.2, 0.25) is 9.36 Å². The van der Waals surface area contributed by atoms with Gasteiger partial charge in [0.2, 0.25) is 5.78 Å². The molecule has 5 heterocycles. The Balaban J connectivity index is 1.47. The summed E-state index contributed by atoms with van der Waals surface area (Å²) in [4.78, 5) is 43.0. The highest BCUT2D eigenvalue weighted by atomic mass is 35.5. The van der Waals surface area contributed by atoms with Gasteiger partial charge in [-0.25, -0.2) is 4.98 Å². The molecule has 36 heavy (non-hydrogen) atoms. The van der Waals surface area contributed by atoms with Gasteiger partial charge < -0.3 is 18.7 Å². The lowest BCUT2D eigenvalue weighted by Gasteiger charge is -2.07. The molecule has 0 radical (unpaired) electrons. The van der Waals surface area contributed by atoms with Crippen molar-refractivity contribution in [3.63, 3.8) is 0 Å². The van der Waals surface area contributed by atoms with Crippen LogP contribution in [0.4, 0.5) is 5.82 Å². The average Bonchev–Trinajstić information content (AvgIpc) is 3.67. The number of pyridine rings is 1. The number of nitrogens with zero attached hydrogens (tertiary/aromatic N) is 4. The van der Waals surface area contributed by atoms with Gasteiger partial charge in [-0.15, -0.1) is 11.3 Å². The Kier molecular flexibility index (Phi) is 6.59. The van der Waals surface area contributed by atoms with Gasteiger partial charge in [0.15, 0.2) is 12.2 Å². The molecule has 0 aliphatic carbocycles. The first kappa shape index (κ1) is 23.8. The molecule has 5 aromatic rings. The fourth-order valence-corrected chi connectivity index (χ4v) is 4.67. The van der Waals surface area contributed by atoms with Crippen LogP contribution in [-0.4, -0.2) is 31.0 Å². The van der Waals surface area contributed by atoms with E-state index in [1.165, 1.54) is 36.1 Å². The lowest BCUT2D eigenvalue weighted by molar-refractivity contribution is 0.0919. The minimum atomic E-state index is -0.597. The molecule has 13 heteroatoms. The molecule has 0 unspecified atom stereocenters. The summed E-state index contributed by atoms with van der Waals surface area (Å²) < 4.78 is 13.0. The van der Waals surface area contributed by atoms with E-state index in [0.717, 1.165) is 20.5 Å². The smallest absolute Gasteiger partial charge is 0.315 e. The highest BCUT2D eigenvalue weighted by molar-refractivity contribution is 7.16. The number of rotatable bonds is 8. The molecule has 0 aromatic carbocycles. The molecule has 0 aliphatic rings. The molecule has 5 aromatic heterocycles. The van der Waals surface area contributed by atoms with Gasteiger partial charge in [-0.05, 0) is 30.3 Å². The second-order valence-corrected chi connectivity index (χ2v) is 9.62. The van der Waals surface area contributed by atoms with Crippen LogP contribution in [0.3, 0.4) is 0 Å². The number of hydrogen-bond donors (Lipinski definition) is 1. The zero-order chi connectivity index (χ0) is 25.2. The van der Waals surface area contributed by atoms with Gasteiger partial charge >= 0.3 is 5.91 Å². The standard InChI is InChI=1S/C23H15Cl2N5O5S/c24-19-4-3-13(36-19)9-26-20-8-15(28-30(20)22(32)18-2-1-7-35-18)14-5-6-29(23(33)21(14)25)10-17(31)16-11-34-12-27-16/h1-8,11-12,26H,9-10H2. The van der Waals surface area contributed by atoms with E-state index in [4.69, 9.17) is 32.0 Å². The number of carbonyl (C=O) groups excluding carboxylic acids is 2. The number of halogens is 2. The van der Waals surface area contributed by atoms with Crippen molar-refractivity contribution in [3.05, 3.63) is 97.6 Å². The van der Waals surface area contributed by atoms with Gasteiger partial charge in [-0.1, -0.05) is 23.2 Å². The largest absolute Gasteiger partial charge is 0.459 e. The molecule has 0 fully saturated rings. The number of anilines is 1. The Bertz CT molecular complexity index is 1600. The fourth-order valence-electron chi connectivity index (χ4n) is 3.38. The maximum Gasteiger partial charge on any atom is 0.315 e. The van der Waals surface area contributed by atoms with Crippen LogP contribution >= 0.6 is 34.5 Å². The monoisotopic (exact) mass is 543 g/mol. The number of thiophene rings is 1. The summed E-state index contributed by atoms with van der Waals surface area (Å²) in [5.41, 5.74) is 0.0689. The first-order valence-corrected chi connectivity index (χ1v) is 11.9. The fraction of sp³-hybridized carbons (Fsp3) is 0.0870. The zero-order valence-corrected chi connectivity index (χ0v) is 20.5. The van der Waals surface area contributed by atoms with Gasteiger partial charge in [-0.3, -0.25) is 14.4 Å². The molecule has 0 bridgehead atoms. The van der Waals surface area contributed by atoms with Crippen LogP contribution in [0.25, 0.3) is 11.3 Å². The predicted octanol–water partition coefficient (Wildman–Crippen LogP) is 4.84. The van der Waals surface area contributed by atoms with Crippen molar-refractivity contribution >= 4 is 52.0 Å². The van der Waals surface area contributed by atoms with E-state index in [1.807, 2.05) is 6.07 Å². The van der Waals surface area contributed by atoms with E-state index >= 15 is 0 Å². The molecular weight excluding hydrogens is 529 g/mol. The second kappa shape index (κ2) is 9.97. The average molecular weight is 544 g/mol. The molecular formula is C23H15Cl2N5O5S. The number of aromatic nitrogens is 4. The summed E-state index contributed by atoms with van der Waals surface area (Å²) in [5.74, 6) is -0.485. The van der Waals surface area contributed by atoms with Crippen LogP contribution < -0.4 is 10.9 Å². The molecule has 0 saturated carbocycles. The molecule has 0 saturated heterocycles. The van der Waals surface area contributed by atoms with Gasteiger partial charge in [0.05, 0.1) is 29.4 Å². The van der Waals surface area contributed by atoms with Crippen molar-refractivity contribution in [2.45, 2.75) is 13.1 Å². The number of carbonyl (C=O) groups is 2. The minimum absolute atomic E-state index is 0.0831. The maximum atomic E-state index is 13.0. The Morgan fingerprint density at radius 2 is 2.03 bits per heavy atom. The number of Topliss-reactive ketones (excluding diaryl/α,β-unsaturated/α-hetero) is 1. The Morgan fingerprint density at radius 1 is 1.17 bits per heavy atom. The van der Waals surface area contributed by atoms with E-state index in [9.17, 15) is 14.4 Å². The van der Waals surface area contributed by atoms with Gasteiger partial charge in [-0.2, -0.15) is 9.78 Å². The molecule has 182 valence electrons. The quantitative estimate of drug-likeness (QED) is 0.275. The highest BCUT2D eigenvalue weighted by Gasteiger charge is 2.22. The number of furan rings is 1. The summed E-state index contributed by atoms with van der Waals surface area (Å²) >= 11 is 13.8. The Hall–Kier alpha value is -3.93. The van der Waals surface area contributed by atoms with Crippen molar-refractivity contribution in [1.82, 2.24) is 19.3 Å². The maximum absolute atomic E-state index is 13.0. The Morgan fingerprint density at radius 3 is 2.72 bits per heavy atom. The van der Waals surface area contributed by atoms with Crippen molar-refractivity contribution in [2.75, 3.05) is 5.32 Å². The van der Waals surface area contributed by atoms with E-state index in [0.29, 0.717) is 22.3 Å². The van der Waals surface area contributed by atoms with Crippen molar-refractivity contribution in [2.24, 2.45) is 0 Å². The molecule has 0 spiro atoms. The minimum Gasteiger partial charge on any atom is -0.459 e. The van der Waals surface area contributed by atoms with Gasteiger partial charge in [0, 0.05) is 22.7 Å². The number of ketones is 1. The topological polar surface area (TPSA) is 125 Å². The third-order valence-corrected chi connectivity index (χ3v) is 6.72. The molecule has 0 atom stereocenters.